The Morgan fingerprint density at radius 1 is 0.618 bits per heavy atom. The van der Waals surface area contributed by atoms with Crippen LogP contribution in [0.5, 0.6) is 23.0 Å². The molecule has 5 aromatic carbocycles. The van der Waals surface area contributed by atoms with E-state index in [2.05, 4.69) is 5.32 Å². The molecule has 5 rings (SSSR count). The lowest BCUT2D eigenvalue weighted by molar-refractivity contribution is 0.102. The first-order valence-electron chi connectivity index (χ1n) is 17.0. The maximum atomic E-state index is 13.7. The normalized spacial score (nSPS) is 11.8. The van der Waals surface area contributed by atoms with Gasteiger partial charge in [-0.05, 0) is 122 Å². The zero-order chi connectivity index (χ0) is 39.3. The van der Waals surface area contributed by atoms with Crippen molar-refractivity contribution in [2.75, 3.05) is 18.5 Å². The predicted octanol–water partition coefficient (Wildman–Crippen LogP) is 8.70. The average molecular weight is 788 g/mol. The Bertz CT molecular complexity index is 2330. The Kier molecular flexibility index (Phi) is 13.9. The number of halogens is 1. The Balaban J connectivity index is 1.29. The minimum atomic E-state index is -3.77. The Morgan fingerprint density at radius 3 is 1.60 bits per heavy atom. The smallest absolute Gasteiger partial charge is 0.290 e. The van der Waals surface area contributed by atoms with E-state index in [1.165, 1.54) is 36.4 Å². The van der Waals surface area contributed by atoms with Crippen LogP contribution in [0.2, 0.25) is 0 Å². The average Bonchev–Trinajstić information content (AvgIpc) is 3.17. The largest absolute Gasteiger partial charge is 0.489 e. The monoisotopic (exact) mass is 787 g/mol. The second kappa shape index (κ2) is 19.0. The van der Waals surface area contributed by atoms with E-state index < -0.39 is 26.1 Å². The van der Waals surface area contributed by atoms with Crippen LogP contribution < -0.4 is 19.5 Å². The van der Waals surface area contributed by atoms with Gasteiger partial charge in [-0.2, -0.15) is 16.8 Å². The number of carbonyl (C=O) groups is 1. The molecule has 1 N–H and O–H groups in total. The summed E-state index contributed by atoms with van der Waals surface area (Å²) in [7, 11) is -7.53. The molecule has 55 heavy (non-hydrogen) atoms. The molecule has 0 aliphatic rings. The van der Waals surface area contributed by atoms with Crippen LogP contribution in [0.15, 0.2) is 126 Å². The molecule has 0 saturated heterocycles. The van der Waals surface area contributed by atoms with E-state index in [9.17, 15) is 26.0 Å². The summed E-state index contributed by atoms with van der Waals surface area (Å²) in [6.45, 7) is 3.41. The summed E-state index contributed by atoms with van der Waals surface area (Å²) in [5, 5.41) is 4.89. The molecule has 5 aromatic rings. The highest BCUT2D eigenvalue weighted by atomic mass is 32.2. The topological polar surface area (TPSA) is 144 Å². The number of amides is 1. The highest BCUT2D eigenvalue weighted by Gasteiger charge is 2.15. The third-order valence-electron chi connectivity index (χ3n) is 7.56. The van der Waals surface area contributed by atoms with E-state index in [4.69, 9.17) is 22.6 Å². The van der Waals surface area contributed by atoms with E-state index in [-0.39, 0.29) is 32.2 Å². The van der Waals surface area contributed by atoms with Crippen LogP contribution in [-0.2, 0) is 41.8 Å². The summed E-state index contributed by atoms with van der Waals surface area (Å²) in [5.74, 6) is 1.20. The molecule has 0 unspecified atom stereocenters. The fourth-order valence-corrected chi connectivity index (χ4v) is 6.36. The standard InChI is InChI=1S/C41H38FNO10S2/c1-3-51-54(45,46)25-23-30-6-15-36(16-7-30)49-28-32-5-10-33(29-50-37-17-8-31(9-18-37)24-26-55(47,48)52-4-2)40(27-32)41(44)43-35-13-21-39(22-14-35)53-38-19-11-34(42)12-20-38/h5-27H,3-4,28-29H2,1-2H3,(H,43,44)/b25-23+,26-24+. The minimum absolute atomic E-state index is 0.0344. The highest BCUT2D eigenvalue weighted by molar-refractivity contribution is 7.90. The molecule has 1 amide bonds. The SMILES string of the molecule is CCOS(=O)(=O)/C=C/c1ccc(OCc2ccc(COc3ccc(/C=C/S(=O)(=O)OCC)cc3)c(C(=O)Nc3ccc(Oc4ccc(F)cc4)cc3)c2)cc1. The van der Waals surface area contributed by atoms with E-state index in [0.29, 0.717) is 56.5 Å². The number of carbonyl (C=O) groups excluding carboxylic acids is 1. The van der Waals surface area contributed by atoms with Crippen LogP contribution in [0.25, 0.3) is 12.2 Å². The van der Waals surface area contributed by atoms with E-state index >= 15 is 0 Å². The number of hydrogen-bond acceptors (Lipinski definition) is 10. The number of ether oxygens (including phenoxy) is 3. The number of benzene rings is 5. The van der Waals surface area contributed by atoms with Crippen molar-refractivity contribution < 1.29 is 48.6 Å². The van der Waals surface area contributed by atoms with Crippen molar-refractivity contribution in [3.63, 3.8) is 0 Å². The van der Waals surface area contributed by atoms with Gasteiger partial charge in [0.2, 0.25) is 0 Å². The van der Waals surface area contributed by atoms with Gasteiger partial charge in [-0.25, -0.2) is 4.39 Å². The minimum Gasteiger partial charge on any atom is -0.489 e. The molecule has 0 fully saturated rings. The molecule has 11 nitrogen and oxygen atoms in total. The maximum absolute atomic E-state index is 13.7. The molecule has 286 valence electrons. The van der Waals surface area contributed by atoms with Crippen molar-refractivity contribution in [1.29, 1.82) is 0 Å². The van der Waals surface area contributed by atoms with Crippen LogP contribution in [0.3, 0.4) is 0 Å². The van der Waals surface area contributed by atoms with Crippen molar-refractivity contribution in [3.05, 3.63) is 160 Å². The number of rotatable bonds is 18. The first kappa shape index (κ1) is 40.4. The second-order valence-corrected chi connectivity index (χ2v) is 14.6. The summed E-state index contributed by atoms with van der Waals surface area (Å²) in [6.07, 6.45) is 2.84. The van der Waals surface area contributed by atoms with Crippen molar-refractivity contribution >= 4 is 44.0 Å². The van der Waals surface area contributed by atoms with Gasteiger partial charge in [0, 0.05) is 16.8 Å². The molecule has 0 aromatic heterocycles. The Hall–Kier alpha value is -5.80. The molecule has 0 heterocycles. The van der Waals surface area contributed by atoms with Gasteiger partial charge in [-0.1, -0.05) is 36.4 Å². The van der Waals surface area contributed by atoms with Crippen molar-refractivity contribution in [2.45, 2.75) is 27.1 Å². The molecular formula is C41H38FNO10S2. The van der Waals surface area contributed by atoms with Crippen LogP contribution >= 0.6 is 0 Å². The van der Waals surface area contributed by atoms with Gasteiger partial charge in [0.25, 0.3) is 26.1 Å². The number of hydrogen-bond donors (Lipinski definition) is 1. The quantitative estimate of drug-likeness (QED) is 0.0857. The van der Waals surface area contributed by atoms with Gasteiger partial charge in [-0.3, -0.25) is 13.2 Å². The molecule has 14 heteroatoms. The lowest BCUT2D eigenvalue weighted by Gasteiger charge is -2.14. The number of nitrogens with one attached hydrogen (secondary N) is 1. The maximum Gasteiger partial charge on any atom is 0.290 e. The predicted molar refractivity (Wildman–Crippen MR) is 208 cm³/mol. The molecule has 0 radical (unpaired) electrons. The van der Waals surface area contributed by atoms with Crippen molar-refractivity contribution in [2.24, 2.45) is 0 Å². The van der Waals surface area contributed by atoms with E-state index in [1.54, 1.807) is 98.8 Å². The molecule has 0 atom stereocenters. The van der Waals surface area contributed by atoms with Crippen LogP contribution in [0.1, 0.15) is 46.5 Å². The molecule has 0 bridgehead atoms. The Morgan fingerprint density at radius 2 is 1.09 bits per heavy atom. The van der Waals surface area contributed by atoms with E-state index in [1.807, 2.05) is 6.07 Å². The van der Waals surface area contributed by atoms with E-state index in [0.717, 1.165) is 10.8 Å². The molecule has 0 aliphatic heterocycles. The lowest BCUT2D eigenvalue weighted by atomic mass is 10.0. The zero-order valence-electron chi connectivity index (χ0n) is 29.9. The molecule has 0 spiro atoms. The first-order chi connectivity index (χ1) is 26.4. The summed E-state index contributed by atoms with van der Waals surface area (Å²) in [5.41, 5.74) is 3.38. The summed E-state index contributed by atoms with van der Waals surface area (Å²) in [6, 6.07) is 31.2. The molecule has 0 saturated carbocycles. The third-order valence-corrected chi connectivity index (χ3v) is 9.63. The first-order valence-corrected chi connectivity index (χ1v) is 19.9. The number of anilines is 1. The van der Waals surface area contributed by atoms with Gasteiger partial charge >= 0.3 is 0 Å². The zero-order valence-corrected chi connectivity index (χ0v) is 31.5. The summed E-state index contributed by atoms with van der Waals surface area (Å²) < 4.78 is 87.7. The molecule has 0 aliphatic carbocycles. The fraction of sp³-hybridized carbons (Fsp3) is 0.146. The van der Waals surface area contributed by atoms with Crippen molar-refractivity contribution in [3.8, 4) is 23.0 Å². The van der Waals surface area contributed by atoms with Gasteiger partial charge in [0.15, 0.2) is 0 Å². The summed E-state index contributed by atoms with van der Waals surface area (Å²) >= 11 is 0. The van der Waals surface area contributed by atoms with Crippen LogP contribution in [0.4, 0.5) is 10.1 Å². The van der Waals surface area contributed by atoms with Gasteiger partial charge < -0.3 is 19.5 Å². The van der Waals surface area contributed by atoms with Crippen LogP contribution in [0, 0.1) is 5.82 Å². The third kappa shape index (κ3) is 12.9. The van der Waals surface area contributed by atoms with Gasteiger partial charge in [-0.15, -0.1) is 0 Å². The fourth-order valence-electron chi connectivity index (χ4n) is 4.90. The van der Waals surface area contributed by atoms with Gasteiger partial charge in [0.1, 0.15) is 42.0 Å². The van der Waals surface area contributed by atoms with Crippen LogP contribution in [-0.4, -0.2) is 36.0 Å². The summed E-state index contributed by atoms with van der Waals surface area (Å²) in [4.78, 5) is 13.7. The second-order valence-electron chi connectivity index (χ2n) is 11.6. The highest BCUT2D eigenvalue weighted by Crippen LogP contribution is 2.25. The lowest BCUT2D eigenvalue weighted by Crippen LogP contribution is -2.16. The van der Waals surface area contributed by atoms with Gasteiger partial charge in [0.05, 0.1) is 24.0 Å². The van der Waals surface area contributed by atoms with Crippen molar-refractivity contribution in [1.82, 2.24) is 0 Å². The molecular weight excluding hydrogens is 750 g/mol. The Labute approximate surface area is 319 Å².